The predicted molar refractivity (Wildman–Crippen MR) is 88.8 cm³/mol. The van der Waals surface area contributed by atoms with E-state index in [0.717, 1.165) is 18.0 Å². The fraction of sp³-hybridized carbons (Fsp3) is 0.647. The molecule has 0 bridgehead atoms. The van der Waals surface area contributed by atoms with Crippen LogP contribution in [0.2, 0.25) is 10.0 Å². The van der Waals surface area contributed by atoms with Gasteiger partial charge in [0.25, 0.3) is 0 Å². The molecule has 1 aromatic carbocycles. The van der Waals surface area contributed by atoms with Crippen molar-refractivity contribution in [3.63, 3.8) is 0 Å². The molecule has 1 N–H and O–H groups in total. The highest BCUT2D eigenvalue weighted by atomic mass is 35.5. The van der Waals surface area contributed by atoms with Crippen molar-refractivity contribution in [3.8, 4) is 0 Å². The molecule has 0 amide bonds. The van der Waals surface area contributed by atoms with Gasteiger partial charge in [-0.25, -0.2) is 0 Å². The van der Waals surface area contributed by atoms with Gasteiger partial charge in [0.2, 0.25) is 0 Å². The molecule has 0 spiro atoms. The molecule has 0 saturated heterocycles. The van der Waals surface area contributed by atoms with Gasteiger partial charge in [-0.3, -0.25) is 0 Å². The second-order valence-corrected chi connectivity index (χ2v) is 6.82. The molecule has 1 saturated carbocycles. The van der Waals surface area contributed by atoms with Crippen molar-refractivity contribution >= 4 is 23.2 Å². The average Bonchev–Trinajstić information content (AvgIpc) is 2.91. The summed E-state index contributed by atoms with van der Waals surface area (Å²) in [7, 11) is 0. The lowest BCUT2D eigenvalue weighted by Gasteiger charge is -2.38. The van der Waals surface area contributed by atoms with E-state index in [9.17, 15) is 0 Å². The topological polar surface area (TPSA) is 12.0 Å². The normalized spacial score (nSPS) is 19.2. The third-order valence-corrected chi connectivity index (χ3v) is 5.52. The van der Waals surface area contributed by atoms with E-state index in [-0.39, 0.29) is 0 Å². The van der Waals surface area contributed by atoms with Crippen LogP contribution in [0.15, 0.2) is 18.2 Å². The fourth-order valence-electron chi connectivity index (χ4n) is 3.69. The number of hydrogen-bond acceptors (Lipinski definition) is 1. The number of benzene rings is 1. The molecule has 1 aliphatic rings. The Morgan fingerprint density at radius 3 is 2.45 bits per heavy atom. The lowest BCUT2D eigenvalue weighted by atomic mass is 9.74. The van der Waals surface area contributed by atoms with Gasteiger partial charge in [0, 0.05) is 16.1 Å². The van der Waals surface area contributed by atoms with Crippen molar-refractivity contribution < 1.29 is 0 Å². The zero-order valence-corrected chi connectivity index (χ0v) is 14.0. The first-order chi connectivity index (χ1) is 9.61. The van der Waals surface area contributed by atoms with Crippen LogP contribution in [0.1, 0.15) is 51.5 Å². The number of nitrogens with one attached hydrogen (secondary N) is 1. The lowest BCUT2D eigenvalue weighted by Crippen LogP contribution is -2.45. The summed E-state index contributed by atoms with van der Waals surface area (Å²) in [6.07, 6.45) is 7.65. The van der Waals surface area contributed by atoms with Crippen LogP contribution >= 0.6 is 23.2 Å². The largest absolute Gasteiger partial charge is 0.313 e. The summed E-state index contributed by atoms with van der Waals surface area (Å²) >= 11 is 12.4. The summed E-state index contributed by atoms with van der Waals surface area (Å²) < 4.78 is 0. The first kappa shape index (κ1) is 16.1. The summed E-state index contributed by atoms with van der Waals surface area (Å²) in [5.74, 6) is 0. The Kier molecular flexibility index (Phi) is 5.77. The Hall–Kier alpha value is -0.240. The number of likely N-dealkylation sites (N-methyl/N-ethyl adjacent to an activating group) is 1. The van der Waals surface area contributed by atoms with Crippen LogP contribution in [0.3, 0.4) is 0 Å². The Labute approximate surface area is 133 Å². The highest BCUT2D eigenvalue weighted by Gasteiger charge is 2.39. The van der Waals surface area contributed by atoms with Gasteiger partial charge in [0.15, 0.2) is 0 Å². The minimum absolute atomic E-state index is 0.443. The smallest absolute Gasteiger partial charge is 0.0453 e. The zero-order valence-electron chi connectivity index (χ0n) is 12.5. The second kappa shape index (κ2) is 7.15. The van der Waals surface area contributed by atoms with Crippen molar-refractivity contribution in [1.82, 2.24) is 5.32 Å². The van der Waals surface area contributed by atoms with Gasteiger partial charge in [-0.2, -0.15) is 0 Å². The summed E-state index contributed by atoms with van der Waals surface area (Å²) in [6.45, 7) is 5.53. The van der Waals surface area contributed by atoms with Gasteiger partial charge >= 0.3 is 0 Å². The molecule has 1 unspecified atom stereocenters. The molecule has 3 heteroatoms. The van der Waals surface area contributed by atoms with Gasteiger partial charge < -0.3 is 5.32 Å². The molecule has 112 valence electrons. The number of rotatable bonds is 6. The van der Waals surface area contributed by atoms with Crippen LogP contribution in [-0.4, -0.2) is 12.6 Å². The van der Waals surface area contributed by atoms with Gasteiger partial charge in [0.05, 0.1) is 0 Å². The van der Waals surface area contributed by atoms with E-state index in [2.05, 4.69) is 25.2 Å². The highest BCUT2D eigenvalue weighted by molar-refractivity contribution is 6.35. The Balaban J connectivity index is 2.20. The first-order valence-corrected chi connectivity index (χ1v) is 8.54. The molecule has 0 aromatic heterocycles. The Bertz CT molecular complexity index is 439. The number of hydrogen-bond donors (Lipinski definition) is 1. The van der Waals surface area contributed by atoms with Crippen LogP contribution in [0, 0.1) is 5.41 Å². The molecule has 1 nitrogen and oxygen atoms in total. The van der Waals surface area contributed by atoms with E-state index in [1.165, 1.54) is 37.7 Å². The van der Waals surface area contributed by atoms with E-state index >= 15 is 0 Å². The predicted octanol–water partition coefficient (Wildman–Crippen LogP) is 5.48. The lowest BCUT2D eigenvalue weighted by molar-refractivity contribution is 0.186. The third-order valence-electron chi connectivity index (χ3n) is 4.93. The van der Waals surface area contributed by atoms with Crippen LogP contribution in [0.4, 0.5) is 0 Å². The monoisotopic (exact) mass is 313 g/mol. The molecule has 1 aliphatic carbocycles. The van der Waals surface area contributed by atoms with Crippen LogP contribution < -0.4 is 5.32 Å². The maximum atomic E-state index is 6.36. The summed E-state index contributed by atoms with van der Waals surface area (Å²) in [4.78, 5) is 0. The Morgan fingerprint density at radius 2 is 1.90 bits per heavy atom. The van der Waals surface area contributed by atoms with Gasteiger partial charge in [-0.15, -0.1) is 0 Å². The SMILES string of the molecule is CCNC(Cc1ccc(Cl)cc1Cl)C1(CC)CCCC1. The van der Waals surface area contributed by atoms with Crippen LogP contribution in [-0.2, 0) is 6.42 Å². The van der Waals surface area contributed by atoms with E-state index in [1.54, 1.807) is 0 Å². The van der Waals surface area contributed by atoms with Crippen LogP contribution in [0.25, 0.3) is 0 Å². The van der Waals surface area contributed by atoms with E-state index in [1.807, 2.05) is 12.1 Å². The van der Waals surface area contributed by atoms with Crippen molar-refractivity contribution in [1.29, 1.82) is 0 Å². The minimum Gasteiger partial charge on any atom is -0.313 e. The van der Waals surface area contributed by atoms with Gasteiger partial charge in [0.1, 0.15) is 0 Å². The first-order valence-electron chi connectivity index (χ1n) is 7.78. The summed E-state index contributed by atoms with van der Waals surface area (Å²) in [6, 6.07) is 6.39. The van der Waals surface area contributed by atoms with Gasteiger partial charge in [-0.05, 0) is 55.3 Å². The zero-order chi connectivity index (χ0) is 14.6. The molecule has 0 heterocycles. The van der Waals surface area contributed by atoms with Crippen molar-refractivity contribution in [2.24, 2.45) is 5.41 Å². The summed E-state index contributed by atoms with van der Waals surface area (Å²) in [5, 5.41) is 5.22. The average molecular weight is 314 g/mol. The third kappa shape index (κ3) is 3.50. The summed E-state index contributed by atoms with van der Waals surface area (Å²) in [5.41, 5.74) is 1.65. The minimum atomic E-state index is 0.443. The standard InChI is InChI=1S/C17H25Cl2N/c1-3-17(9-5-6-10-17)16(20-4-2)11-13-7-8-14(18)12-15(13)19/h7-8,12,16,20H,3-6,9-11H2,1-2H3. The maximum Gasteiger partial charge on any atom is 0.0453 e. The molecule has 0 aliphatic heterocycles. The molecule has 1 atom stereocenters. The van der Waals surface area contributed by atoms with E-state index in [4.69, 9.17) is 23.2 Å². The Morgan fingerprint density at radius 1 is 1.20 bits per heavy atom. The molecular weight excluding hydrogens is 289 g/mol. The van der Waals surface area contributed by atoms with Crippen molar-refractivity contribution in [2.45, 2.75) is 58.4 Å². The van der Waals surface area contributed by atoms with E-state index in [0.29, 0.717) is 16.5 Å². The van der Waals surface area contributed by atoms with Crippen molar-refractivity contribution in [3.05, 3.63) is 33.8 Å². The number of halogens is 2. The second-order valence-electron chi connectivity index (χ2n) is 5.97. The molecule has 0 radical (unpaired) electrons. The quantitative estimate of drug-likeness (QED) is 0.732. The molecule has 2 rings (SSSR count). The fourth-order valence-corrected chi connectivity index (χ4v) is 4.17. The van der Waals surface area contributed by atoms with Crippen molar-refractivity contribution in [2.75, 3.05) is 6.54 Å². The highest BCUT2D eigenvalue weighted by Crippen LogP contribution is 2.45. The molecule has 1 aromatic rings. The van der Waals surface area contributed by atoms with Crippen LogP contribution in [0.5, 0.6) is 0 Å². The molecule has 1 fully saturated rings. The molecular formula is C17H25Cl2N. The maximum absolute atomic E-state index is 6.36. The van der Waals surface area contributed by atoms with Gasteiger partial charge in [-0.1, -0.05) is 56.0 Å². The molecule has 20 heavy (non-hydrogen) atoms. The van der Waals surface area contributed by atoms with E-state index < -0.39 is 0 Å².